The summed E-state index contributed by atoms with van der Waals surface area (Å²) in [6.45, 7) is 3.09. The van der Waals surface area contributed by atoms with E-state index in [9.17, 15) is 9.18 Å². The van der Waals surface area contributed by atoms with Crippen molar-refractivity contribution < 1.29 is 28.1 Å². The van der Waals surface area contributed by atoms with Gasteiger partial charge in [-0.1, -0.05) is 12.1 Å². The van der Waals surface area contributed by atoms with Gasteiger partial charge in [0.15, 0.2) is 11.5 Å². The number of nitrogens with one attached hydrogen (secondary N) is 1. The van der Waals surface area contributed by atoms with Crippen LogP contribution in [0, 0.1) is 5.82 Å². The van der Waals surface area contributed by atoms with Crippen molar-refractivity contribution in [3.63, 3.8) is 0 Å². The van der Waals surface area contributed by atoms with E-state index in [2.05, 4.69) is 10.2 Å². The molecule has 1 unspecified atom stereocenters. The molecule has 8 heteroatoms. The van der Waals surface area contributed by atoms with Crippen LogP contribution in [0.1, 0.15) is 22.0 Å². The third-order valence-electron chi connectivity index (χ3n) is 5.12. The van der Waals surface area contributed by atoms with Crippen LogP contribution in [-0.4, -0.2) is 65.0 Å². The molecule has 7 nitrogen and oxygen atoms in total. The van der Waals surface area contributed by atoms with Crippen LogP contribution in [-0.2, 0) is 4.74 Å². The molecule has 0 aliphatic carbocycles. The van der Waals surface area contributed by atoms with Gasteiger partial charge in [-0.05, 0) is 29.8 Å². The quantitative estimate of drug-likeness (QED) is 0.711. The summed E-state index contributed by atoms with van der Waals surface area (Å²) >= 11 is 0. The van der Waals surface area contributed by atoms with Crippen LogP contribution >= 0.6 is 0 Å². The van der Waals surface area contributed by atoms with E-state index in [0.29, 0.717) is 42.6 Å². The molecule has 1 N–H and O–H groups in total. The fourth-order valence-electron chi connectivity index (χ4n) is 3.54. The van der Waals surface area contributed by atoms with E-state index < -0.39 is 0 Å². The normalized spacial score (nSPS) is 15.3. The highest BCUT2D eigenvalue weighted by atomic mass is 19.1. The van der Waals surface area contributed by atoms with Gasteiger partial charge < -0.3 is 24.3 Å². The zero-order valence-electron chi connectivity index (χ0n) is 17.4. The molecule has 30 heavy (non-hydrogen) atoms. The van der Waals surface area contributed by atoms with E-state index in [-0.39, 0.29) is 17.8 Å². The molecule has 0 aromatic heterocycles. The molecule has 1 aliphatic rings. The molecule has 2 aromatic rings. The van der Waals surface area contributed by atoms with Crippen molar-refractivity contribution in [1.82, 2.24) is 10.2 Å². The summed E-state index contributed by atoms with van der Waals surface area (Å²) in [7, 11) is 4.51. The molecular formula is C22H27FN2O5. The number of nitrogens with zero attached hydrogens (tertiary/aromatic N) is 1. The van der Waals surface area contributed by atoms with Gasteiger partial charge in [-0.3, -0.25) is 9.69 Å². The molecule has 1 heterocycles. The molecule has 1 amide bonds. The van der Waals surface area contributed by atoms with Crippen molar-refractivity contribution in [2.24, 2.45) is 0 Å². The number of hydrogen-bond acceptors (Lipinski definition) is 6. The largest absolute Gasteiger partial charge is 0.493 e. The number of ether oxygens (including phenoxy) is 4. The Morgan fingerprint density at radius 2 is 1.67 bits per heavy atom. The number of rotatable bonds is 8. The van der Waals surface area contributed by atoms with Crippen LogP contribution in [0.3, 0.4) is 0 Å². The van der Waals surface area contributed by atoms with E-state index in [4.69, 9.17) is 18.9 Å². The van der Waals surface area contributed by atoms with Crippen LogP contribution in [0.2, 0.25) is 0 Å². The summed E-state index contributed by atoms with van der Waals surface area (Å²) in [5, 5.41) is 2.98. The Morgan fingerprint density at radius 1 is 1.07 bits per heavy atom. The van der Waals surface area contributed by atoms with Crippen LogP contribution in [0.4, 0.5) is 4.39 Å². The lowest BCUT2D eigenvalue weighted by Crippen LogP contribution is -2.43. The van der Waals surface area contributed by atoms with Gasteiger partial charge in [-0.25, -0.2) is 4.39 Å². The van der Waals surface area contributed by atoms with Gasteiger partial charge in [0.2, 0.25) is 5.75 Å². The second-order valence-corrected chi connectivity index (χ2v) is 6.84. The Morgan fingerprint density at radius 3 is 2.20 bits per heavy atom. The van der Waals surface area contributed by atoms with Gasteiger partial charge in [0.05, 0.1) is 40.6 Å². The van der Waals surface area contributed by atoms with Crippen molar-refractivity contribution >= 4 is 5.91 Å². The Hall–Kier alpha value is -2.84. The highest BCUT2D eigenvalue weighted by Crippen LogP contribution is 2.38. The summed E-state index contributed by atoms with van der Waals surface area (Å²) in [5.41, 5.74) is 1.33. The van der Waals surface area contributed by atoms with Gasteiger partial charge in [0.1, 0.15) is 5.82 Å². The van der Waals surface area contributed by atoms with E-state index in [1.54, 1.807) is 24.3 Å². The second-order valence-electron chi connectivity index (χ2n) is 6.84. The smallest absolute Gasteiger partial charge is 0.251 e. The fourth-order valence-corrected chi connectivity index (χ4v) is 3.54. The first kappa shape index (κ1) is 21.9. The Kier molecular flexibility index (Phi) is 7.48. The highest BCUT2D eigenvalue weighted by Gasteiger charge is 2.24. The summed E-state index contributed by atoms with van der Waals surface area (Å²) in [6.07, 6.45) is 0. The number of carbonyl (C=O) groups is 1. The summed E-state index contributed by atoms with van der Waals surface area (Å²) in [5.74, 6) is 0.681. The highest BCUT2D eigenvalue weighted by molar-refractivity contribution is 5.95. The average Bonchev–Trinajstić information content (AvgIpc) is 2.79. The Labute approximate surface area is 175 Å². The minimum absolute atomic E-state index is 0.0968. The van der Waals surface area contributed by atoms with Crippen molar-refractivity contribution in [2.45, 2.75) is 6.04 Å². The van der Waals surface area contributed by atoms with Crippen LogP contribution in [0.15, 0.2) is 36.4 Å². The molecule has 0 saturated carbocycles. The topological polar surface area (TPSA) is 69.3 Å². The predicted octanol–water partition coefficient (Wildman–Crippen LogP) is 2.65. The first-order chi connectivity index (χ1) is 14.6. The number of hydrogen-bond donors (Lipinski definition) is 1. The molecule has 162 valence electrons. The van der Waals surface area contributed by atoms with E-state index in [1.807, 2.05) is 0 Å². The van der Waals surface area contributed by atoms with Gasteiger partial charge in [0.25, 0.3) is 5.91 Å². The number of amides is 1. The summed E-state index contributed by atoms with van der Waals surface area (Å²) in [4.78, 5) is 15.1. The van der Waals surface area contributed by atoms with Crippen LogP contribution < -0.4 is 19.5 Å². The number of carbonyl (C=O) groups excluding carboxylic acids is 1. The Balaban J connectivity index is 1.79. The monoisotopic (exact) mass is 418 g/mol. The van der Waals surface area contributed by atoms with Crippen molar-refractivity contribution in [3.8, 4) is 17.2 Å². The molecule has 1 atom stereocenters. The molecular weight excluding hydrogens is 391 g/mol. The number of methoxy groups -OCH3 is 3. The molecule has 1 fully saturated rings. The molecule has 0 bridgehead atoms. The fraction of sp³-hybridized carbons (Fsp3) is 0.409. The van der Waals surface area contributed by atoms with Gasteiger partial charge >= 0.3 is 0 Å². The number of benzene rings is 2. The second kappa shape index (κ2) is 10.3. The zero-order valence-corrected chi connectivity index (χ0v) is 17.4. The van der Waals surface area contributed by atoms with E-state index in [1.165, 1.54) is 33.5 Å². The zero-order chi connectivity index (χ0) is 21.5. The van der Waals surface area contributed by atoms with Crippen LogP contribution in [0.5, 0.6) is 17.2 Å². The number of morpholine rings is 1. The maximum absolute atomic E-state index is 13.4. The average molecular weight is 418 g/mol. The SMILES string of the molecule is COc1cc(C(=O)NCC(c2ccc(F)cc2)N2CCOCC2)cc(OC)c1OC. The first-order valence-corrected chi connectivity index (χ1v) is 9.72. The van der Waals surface area contributed by atoms with E-state index in [0.717, 1.165) is 18.7 Å². The maximum atomic E-state index is 13.4. The molecule has 2 aromatic carbocycles. The van der Waals surface area contributed by atoms with E-state index >= 15 is 0 Å². The van der Waals surface area contributed by atoms with Crippen molar-refractivity contribution in [2.75, 3.05) is 54.2 Å². The standard InChI is InChI=1S/C22H27FN2O5/c1-27-19-12-16(13-20(28-2)21(19)29-3)22(26)24-14-18(25-8-10-30-11-9-25)15-4-6-17(23)7-5-15/h4-7,12-13,18H,8-11,14H2,1-3H3,(H,24,26). The lowest BCUT2D eigenvalue weighted by molar-refractivity contribution is 0.0162. The van der Waals surface area contributed by atoms with Crippen molar-refractivity contribution in [3.05, 3.63) is 53.3 Å². The summed E-state index contributed by atoms with van der Waals surface area (Å²) in [6, 6.07) is 9.49. The third-order valence-corrected chi connectivity index (χ3v) is 5.12. The third kappa shape index (κ3) is 5.01. The van der Waals surface area contributed by atoms with Gasteiger partial charge in [-0.15, -0.1) is 0 Å². The minimum Gasteiger partial charge on any atom is -0.493 e. The Bertz CT molecular complexity index is 828. The minimum atomic E-state index is -0.291. The number of halogens is 1. The molecule has 0 spiro atoms. The maximum Gasteiger partial charge on any atom is 0.251 e. The van der Waals surface area contributed by atoms with Crippen LogP contribution in [0.25, 0.3) is 0 Å². The lowest BCUT2D eigenvalue weighted by Gasteiger charge is -2.35. The molecule has 1 aliphatic heterocycles. The van der Waals surface area contributed by atoms with Gasteiger partial charge in [-0.2, -0.15) is 0 Å². The molecule has 1 saturated heterocycles. The predicted molar refractivity (Wildman–Crippen MR) is 110 cm³/mol. The van der Waals surface area contributed by atoms with Crippen molar-refractivity contribution in [1.29, 1.82) is 0 Å². The summed E-state index contributed by atoms with van der Waals surface area (Å²) < 4.78 is 34.8. The lowest BCUT2D eigenvalue weighted by atomic mass is 10.0. The molecule has 3 rings (SSSR count). The molecule has 0 radical (unpaired) electrons. The van der Waals surface area contributed by atoms with Gasteiger partial charge in [0, 0.05) is 25.2 Å². The first-order valence-electron chi connectivity index (χ1n) is 9.72.